The molecule has 0 spiro atoms. The van der Waals surface area contributed by atoms with Crippen LogP contribution in [0.1, 0.15) is 5.89 Å². The molecule has 0 saturated heterocycles. The summed E-state index contributed by atoms with van der Waals surface area (Å²) in [6, 6.07) is 11.7. The van der Waals surface area contributed by atoms with Crippen molar-refractivity contribution in [3.05, 3.63) is 70.4 Å². The molecule has 0 radical (unpaired) electrons. The second-order valence-electron chi connectivity index (χ2n) is 4.61. The highest BCUT2D eigenvalue weighted by molar-refractivity contribution is 6.31. The molecule has 0 aliphatic heterocycles. The summed E-state index contributed by atoms with van der Waals surface area (Å²) in [4.78, 5) is 4.16. The molecule has 0 fully saturated rings. The maximum Gasteiger partial charge on any atom is 0.214 e. The van der Waals surface area contributed by atoms with Gasteiger partial charge in [-0.1, -0.05) is 35.3 Å². The Balaban J connectivity index is 1.72. The predicted octanol–water partition coefficient (Wildman–Crippen LogP) is 5.40. The molecule has 3 rings (SSSR count). The van der Waals surface area contributed by atoms with Gasteiger partial charge in [0.25, 0.3) is 0 Å². The van der Waals surface area contributed by atoms with Gasteiger partial charge < -0.3 is 9.73 Å². The van der Waals surface area contributed by atoms with Crippen molar-refractivity contribution in [3.63, 3.8) is 0 Å². The second-order valence-corrected chi connectivity index (χ2v) is 5.48. The summed E-state index contributed by atoms with van der Waals surface area (Å²) in [7, 11) is 0. The first-order chi connectivity index (χ1) is 10.6. The molecule has 0 atom stereocenters. The molecule has 2 aromatic carbocycles. The summed E-state index contributed by atoms with van der Waals surface area (Å²) in [5.41, 5.74) is 1.18. The van der Waals surface area contributed by atoms with Crippen LogP contribution >= 0.6 is 23.2 Å². The van der Waals surface area contributed by atoms with Gasteiger partial charge in [0.1, 0.15) is 5.82 Å². The number of rotatable bonds is 4. The molecule has 1 aromatic heterocycles. The van der Waals surface area contributed by atoms with Crippen LogP contribution in [-0.2, 0) is 6.54 Å². The standard InChI is InChI=1S/C16H11Cl2FN2O/c17-11-3-1-2-10(6-11)15-8-21-16(22-15)9-20-14-5-4-12(18)7-13(14)19/h1-8,20H,9H2. The van der Waals surface area contributed by atoms with Crippen molar-refractivity contribution in [3.8, 4) is 11.3 Å². The highest BCUT2D eigenvalue weighted by Crippen LogP contribution is 2.24. The number of halogens is 3. The van der Waals surface area contributed by atoms with E-state index in [1.165, 1.54) is 6.07 Å². The maximum absolute atomic E-state index is 13.7. The number of aromatic nitrogens is 1. The van der Waals surface area contributed by atoms with E-state index < -0.39 is 5.82 Å². The van der Waals surface area contributed by atoms with Crippen molar-refractivity contribution in [2.45, 2.75) is 6.54 Å². The minimum absolute atomic E-state index is 0.263. The van der Waals surface area contributed by atoms with Crippen molar-refractivity contribution in [1.29, 1.82) is 0 Å². The molecule has 0 aliphatic rings. The first-order valence-electron chi connectivity index (χ1n) is 6.51. The third kappa shape index (κ3) is 3.40. The number of hydrogen-bond acceptors (Lipinski definition) is 3. The molecular weight excluding hydrogens is 326 g/mol. The first-order valence-corrected chi connectivity index (χ1v) is 7.27. The molecule has 0 amide bonds. The Hall–Kier alpha value is -2.04. The minimum atomic E-state index is -0.422. The molecule has 0 unspecified atom stereocenters. The zero-order valence-corrected chi connectivity index (χ0v) is 12.8. The Morgan fingerprint density at radius 3 is 2.68 bits per heavy atom. The number of oxazole rings is 1. The van der Waals surface area contributed by atoms with Crippen LogP contribution in [0.5, 0.6) is 0 Å². The van der Waals surface area contributed by atoms with E-state index in [9.17, 15) is 4.39 Å². The van der Waals surface area contributed by atoms with E-state index in [4.69, 9.17) is 27.6 Å². The zero-order valence-electron chi connectivity index (χ0n) is 11.3. The molecule has 6 heteroatoms. The lowest BCUT2D eigenvalue weighted by molar-refractivity contribution is 0.515. The van der Waals surface area contributed by atoms with Gasteiger partial charge in [-0.05, 0) is 30.3 Å². The third-order valence-electron chi connectivity index (χ3n) is 3.02. The van der Waals surface area contributed by atoms with Crippen LogP contribution in [0.25, 0.3) is 11.3 Å². The summed E-state index contributed by atoms with van der Waals surface area (Å²) < 4.78 is 19.3. The van der Waals surface area contributed by atoms with Crippen LogP contribution in [0.15, 0.2) is 53.1 Å². The van der Waals surface area contributed by atoms with Crippen molar-refractivity contribution < 1.29 is 8.81 Å². The maximum atomic E-state index is 13.7. The molecule has 0 saturated carbocycles. The monoisotopic (exact) mass is 336 g/mol. The van der Waals surface area contributed by atoms with Gasteiger partial charge in [0.2, 0.25) is 5.89 Å². The van der Waals surface area contributed by atoms with Gasteiger partial charge in [-0.2, -0.15) is 0 Å². The van der Waals surface area contributed by atoms with Crippen molar-refractivity contribution >= 4 is 28.9 Å². The SMILES string of the molecule is Fc1cc(Cl)ccc1NCc1ncc(-c2cccc(Cl)c2)o1. The summed E-state index contributed by atoms with van der Waals surface area (Å²) in [5.74, 6) is 0.634. The largest absolute Gasteiger partial charge is 0.439 e. The Morgan fingerprint density at radius 2 is 1.91 bits per heavy atom. The van der Waals surface area contributed by atoms with Crippen LogP contribution in [0, 0.1) is 5.82 Å². The van der Waals surface area contributed by atoms with E-state index >= 15 is 0 Å². The third-order valence-corrected chi connectivity index (χ3v) is 3.49. The van der Waals surface area contributed by atoms with E-state index in [0.29, 0.717) is 27.4 Å². The smallest absolute Gasteiger partial charge is 0.214 e. The quantitative estimate of drug-likeness (QED) is 0.693. The van der Waals surface area contributed by atoms with E-state index in [1.807, 2.05) is 12.1 Å². The van der Waals surface area contributed by atoms with Crippen molar-refractivity contribution in [2.75, 3.05) is 5.32 Å². The van der Waals surface area contributed by atoms with Gasteiger partial charge in [0.15, 0.2) is 5.76 Å². The van der Waals surface area contributed by atoms with Gasteiger partial charge >= 0.3 is 0 Å². The molecular formula is C16H11Cl2FN2O. The highest BCUT2D eigenvalue weighted by Gasteiger charge is 2.08. The topological polar surface area (TPSA) is 38.1 Å². The van der Waals surface area contributed by atoms with Gasteiger partial charge in [-0.3, -0.25) is 0 Å². The van der Waals surface area contributed by atoms with E-state index in [1.54, 1.807) is 30.5 Å². The average Bonchev–Trinajstić information content (AvgIpc) is 2.95. The molecule has 1 heterocycles. The molecule has 112 valence electrons. The summed E-state index contributed by atoms with van der Waals surface area (Å²) in [6.45, 7) is 0.263. The molecule has 22 heavy (non-hydrogen) atoms. The Labute approximate surface area is 136 Å². The summed E-state index contributed by atoms with van der Waals surface area (Å²) >= 11 is 11.7. The number of nitrogens with one attached hydrogen (secondary N) is 1. The molecule has 3 nitrogen and oxygen atoms in total. The fourth-order valence-corrected chi connectivity index (χ4v) is 2.32. The number of hydrogen-bond donors (Lipinski definition) is 1. The second kappa shape index (κ2) is 6.38. The molecule has 3 aromatic rings. The molecule has 1 N–H and O–H groups in total. The number of benzene rings is 2. The lowest BCUT2D eigenvalue weighted by atomic mass is 10.2. The van der Waals surface area contributed by atoms with Crippen LogP contribution in [0.3, 0.4) is 0 Å². The molecule has 0 aliphatic carbocycles. The fraction of sp³-hybridized carbons (Fsp3) is 0.0625. The lowest BCUT2D eigenvalue weighted by Crippen LogP contribution is -2.01. The Morgan fingerprint density at radius 1 is 1.09 bits per heavy atom. The van der Waals surface area contributed by atoms with Crippen LogP contribution in [0.2, 0.25) is 10.0 Å². The van der Waals surface area contributed by atoms with Crippen LogP contribution < -0.4 is 5.32 Å². The Kier molecular flexibility index (Phi) is 4.32. The van der Waals surface area contributed by atoms with Gasteiger partial charge in [-0.25, -0.2) is 9.37 Å². The predicted molar refractivity (Wildman–Crippen MR) is 85.7 cm³/mol. The van der Waals surface area contributed by atoms with Crippen molar-refractivity contribution in [2.24, 2.45) is 0 Å². The van der Waals surface area contributed by atoms with E-state index in [2.05, 4.69) is 10.3 Å². The number of nitrogens with zero attached hydrogens (tertiary/aromatic N) is 1. The van der Waals surface area contributed by atoms with Gasteiger partial charge in [-0.15, -0.1) is 0 Å². The van der Waals surface area contributed by atoms with Gasteiger partial charge in [0.05, 0.1) is 18.4 Å². The van der Waals surface area contributed by atoms with Crippen LogP contribution in [0.4, 0.5) is 10.1 Å². The fourth-order valence-electron chi connectivity index (χ4n) is 1.97. The van der Waals surface area contributed by atoms with Crippen LogP contribution in [-0.4, -0.2) is 4.98 Å². The minimum Gasteiger partial charge on any atom is -0.439 e. The number of anilines is 1. The average molecular weight is 337 g/mol. The van der Waals surface area contributed by atoms with Crippen molar-refractivity contribution in [1.82, 2.24) is 4.98 Å². The Bertz CT molecular complexity index is 804. The van der Waals surface area contributed by atoms with E-state index in [-0.39, 0.29) is 6.54 Å². The highest BCUT2D eigenvalue weighted by atomic mass is 35.5. The normalized spacial score (nSPS) is 10.7. The summed E-state index contributed by atoms with van der Waals surface area (Å²) in [6.07, 6.45) is 1.61. The first kappa shape index (κ1) is 14.9. The molecule has 0 bridgehead atoms. The van der Waals surface area contributed by atoms with Gasteiger partial charge in [0, 0.05) is 15.6 Å². The van der Waals surface area contributed by atoms with E-state index in [0.717, 1.165) is 5.56 Å². The zero-order chi connectivity index (χ0) is 15.5. The lowest BCUT2D eigenvalue weighted by Gasteiger charge is -2.05. The summed E-state index contributed by atoms with van der Waals surface area (Å²) in [5, 5.41) is 3.89.